The molecule has 30 heavy (non-hydrogen) atoms. The van der Waals surface area contributed by atoms with Crippen molar-refractivity contribution in [1.82, 2.24) is 20.4 Å². The maximum Gasteiger partial charge on any atom is 0.232 e. The number of fused-ring (bicyclic) bond motifs is 2. The smallest absolute Gasteiger partial charge is 0.232 e. The molecule has 2 N–H and O–H groups in total. The van der Waals surface area contributed by atoms with Gasteiger partial charge < -0.3 is 14.8 Å². The second-order valence-corrected chi connectivity index (χ2v) is 7.61. The van der Waals surface area contributed by atoms with Gasteiger partial charge >= 0.3 is 0 Å². The van der Waals surface area contributed by atoms with E-state index in [1.165, 1.54) is 0 Å². The molecule has 1 saturated heterocycles. The zero-order valence-electron chi connectivity index (χ0n) is 17.1. The van der Waals surface area contributed by atoms with E-state index in [-0.39, 0.29) is 17.6 Å². The van der Waals surface area contributed by atoms with E-state index in [2.05, 4.69) is 27.3 Å². The normalized spacial score (nSPS) is 19.1. The summed E-state index contributed by atoms with van der Waals surface area (Å²) in [4.78, 5) is 15.5. The van der Waals surface area contributed by atoms with Crippen LogP contribution in [0.3, 0.4) is 0 Å². The SMILES string of the molecule is COc1ccc2c(c1C(C)N1CCNCC1)OC(=Cc1n[nH]c3ccccc13)C2=O. The number of H-pyrrole nitrogens is 1. The van der Waals surface area contributed by atoms with Crippen LogP contribution in [0.15, 0.2) is 42.2 Å². The first-order chi connectivity index (χ1) is 14.7. The number of ketones is 1. The molecule has 2 aromatic carbocycles. The molecular weight excluding hydrogens is 380 g/mol. The third-order valence-electron chi connectivity index (χ3n) is 5.94. The largest absolute Gasteiger partial charge is 0.496 e. The molecule has 0 radical (unpaired) electrons. The van der Waals surface area contributed by atoms with Gasteiger partial charge in [-0.3, -0.25) is 14.8 Å². The molecule has 7 heteroatoms. The van der Waals surface area contributed by atoms with Gasteiger partial charge in [-0.1, -0.05) is 18.2 Å². The lowest BCUT2D eigenvalue weighted by Crippen LogP contribution is -2.44. The predicted molar refractivity (Wildman–Crippen MR) is 115 cm³/mol. The summed E-state index contributed by atoms with van der Waals surface area (Å²) in [6.45, 7) is 5.89. The molecule has 5 rings (SSSR count). The Labute approximate surface area is 174 Å². The highest BCUT2D eigenvalue weighted by Gasteiger charge is 2.35. The lowest BCUT2D eigenvalue weighted by molar-refractivity contribution is 0.101. The van der Waals surface area contributed by atoms with Gasteiger partial charge in [0.1, 0.15) is 11.5 Å². The highest BCUT2D eigenvalue weighted by atomic mass is 16.5. The molecule has 0 amide bonds. The number of allylic oxidation sites excluding steroid dienone is 1. The fourth-order valence-corrected chi connectivity index (χ4v) is 4.30. The summed E-state index contributed by atoms with van der Waals surface area (Å²) < 4.78 is 11.8. The van der Waals surface area contributed by atoms with Crippen molar-refractivity contribution in [2.45, 2.75) is 13.0 Å². The summed E-state index contributed by atoms with van der Waals surface area (Å²) in [6.07, 6.45) is 1.72. The second kappa shape index (κ2) is 7.59. The topological polar surface area (TPSA) is 79.5 Å². The van der Waals surface area contributed by atoms with Crippen LogP contribution in [0.1, 0.15) is 34.6 Å². The van der Waals surface area contributed by atoms with Crippen LogP contribution in [0.4, 0.5) is 0 Å². The number of nitrogens with zero attached hydrogens (tertiary/aromatic N) is 2. The minimum Gasteiger partial charge on any atom is -0.496 e. The summed E-state index contributed by atoms with van der Waals surface area (Å²) in [5, 5.41) is 11.7. The van der Waals surface area contributed by atoms with Crippen LogP contribution in [-0.4, -0.2) is 54.2 Å². The number of aromatic amines is 1. The van der Waals surface area contributed by atoms with Crippen molar-refractivity contribution in [3.8, 4) is 11.5 Å². The van der Waals surface area contributed by atoms with Crippen LogP contribution in [0, 0.1) is 0 Å². The molecule has 1 unspecified atom stereocenters. The van der Waals surface area contributed by atoms with Gasteiger partial charge in [-0.25, -0.2) is 0 Å². The zero-order chi connectivity index (χ0) is 20.7. The number of benzene rings is 2. The quantitative estimate of drug-likeness (QED) is 0.651. The Hall–Kier alpha value is -3.16. The molecule has 0 bridgehead atoms. The Bertz CT molecular complexity index is 1140. The van der Waals surface area contributed by atoms with Gasteiger partial charge in [-0.15, -0.1) is 0 Å². The Morgan fingerprint density at radius 1 is 1.20 bits per heavy atom. The standard InChI is InChI=1S/C23H24N4O3/c1-14(27-11-9-24-10-12-27)21-19(29-2)8-7-16-22(28)20(30-23(16)21)13-18-15-5-3-4-6-17(15)25-26-18/h3-8,13-14,24H,9-12H2,1-2H3,(H,25,26). The van der Waals surface area contributed by atoms with E-state index in [0.29, 0.717) is 17.0 Å². The monoisotopic (exact) mass is 404 g/mol. The van der Waals surface area contributed by atoms with E-state index in [1.807, 2.05) is 30.3 Å². The van der Waals surface area contributed by atoms with Gasteiger partial charge in [0.25, 0.3) is 0 Å². The maximum absolute atomic E-state index is 13.1. The Kier molecular flexibility index (Phi) is 4.77. The van der Waals surface area contributed by atoms with Gasteiger partial charge in [0.15, 0.2) is 5.76 Å². The minimum atomic E-state index is -0.131. The minimum absolute atomic E-state index is 0.0652. The van der Waals surface area contributed by atoms with Crippen molar-refractivity contribution in [3.63, 3.8) is 0 Å². The number of ether oxygens (including phenoxy) is 2. The van der Waals surface area contributed by atoms with E-state index >= 15 is 0 Å². The van der Waals surface area contributed by atoms with Gasteiger partial charge in [-0.2, -0.15) is 5.10 Å². The van der Waals surface area contributed by atoms with Crippen molar-refractivity contribution in [3.05, 3.63) is 59.0 Å². The Morgan fingerprint density at radius 3 is 2.80 bits per heavy atom. The van der Waals surface area contributed by atoms with Crippen LogP contribution in [0.25, 0.3) is 17.0 Å². The number of carbonyl (C=O) groups is 1. The molecule has 154 valence electrons. The summed E-state index contributed by atoms with van der Waals surface area (Å²) in [6, 6.07) is 11.5. The number of carbonyl (C=O) groups excluding carboxylic acids is 1. The summed E-state index contributed by atoms with van der Waals surface area (Å²) in [5.74, 6) is 1.48. The first kappa shape index (κ1) is 18.8. The Balaban J connectivity index is 1.55. The molecule has 7 nitrogen and oxygen atoms in total. The lowest BCUT2D eigenvalue weighted by atomic mass is 9.99. The number of hydrogen-bond acceptors (Lipinski definition) is 6. The number of piperazine rings is 1. The second-order valence-electron chi connectivity index (χ2n) is 7.61. The molecule has 1 fully saturated rings. The zero-order valence-corrected chi connectivity index (χ0v) is 17.1. The van der Waals surface area contributed by atoms with Gasteiger partial charge in [0.05, 0.1) is 29.4 Å². The lowest BCUT2D eigenvalue weighted by Gasteiger charge is -2.34. The molecule has 2 aliphatic rings. The molecule has 2 aliphatic heterocycles. The van der Waals surface area contributed by atoms with Crippen LogP contribution < -0.4 is 14.8 Å². The maximum atomic E-state index is 13.1. The van der Waals surface area contributed by atoms with Crippen molar-refractivity contribution >= 4 is 22.8 Å². The highest BCUT2D eigenvalue weighted by molar-refractivity contribution is 6.15. The highest BCUT2D eigenvalue weighted by Crippen LogP contribution is 2.44. The van der Waals surface area contributed by atoms with Gasteiger partial charge in [0.2, 0.25) is 5.78 Å². The number of methoxy groups -OCH3 is 1. The van der Waals surface area contributed by atoms with E-state index in [0.717, 1.165) is 48.4 Å². The van der Waals surface area contributed by atoms with Crippen LogP contribution in [0.5, 0.6) is 11.5 Å². The summed E-state index contributed by atoms with van der Waals surface area (Å²) in [7, 11) is 1.65. The number of aromatic nitrogens is 2. The van der Waals surface area contributed by atoms with Crippen molar-refractivity contribution < 1.29 is 14.3 Å². The first-order valence-electron chi connectivity index (χ1n) is 10.2. The summed E-state index contributed by atoms with van der Waals surface area (Å²) >= 11 is 0. The molecular formula is C23H24N4O3. The summed E-state index contributed by atoms with van der Waals surface area (Å²) in [5.41, 5.74) is 3.09. The molecule has 1 aromatic heterocycles. The van der Waals surface area contributed by atoms with Crippen LogP contribution in [-0.2, 0) is 0 Å². The van der Waals surface area contributed by atoms with Crippen molar-refractivity contribution in [1.29, 1.82) is 0 Å². The third kappa shape index (κ3) is 3.07. The van der Waals surface area contributed by atoms with E-state index in [1.54, 1.807) is 19.3 Å². The van der Waals surface area contributed by atoms with Crippen LogP contribution >= 0.6 is 0 Å². The third-order valence-corrected chi connectivity index (χ3v) is 5.94. The van der Waals surface area contributed by atoms with Gasteiger partial charge in [-0.05, 0) is 25.1 Å². The number of nitrogens with one attached hydrogen (secondary N) is 2. The Morgan fingerprint density at radius 2 is 2.00 bits per heavy atom. The van der Waals surface area contributed by atoms with Crippen molar-refractivity contribution in [2.24, 2.45) is 0 Å². The molecule has 3 heterocycles. The average molecular weight is 404 g/mol. The molecule has 0 saturated carbocycles. The van der Waals surface area contributed by atoms with E-state index in [9.17, 15) is 4.79 Å². The fourth-order valence-electron chi connectivity index (χ4n) is 4.30. The fraction of sp³-hybridized carbons (Fsp3) is 0.304. The average Bonchev–Trinajstić information content (AvgIpc) is 3.34. The number of hydrogen-bond donors (Lipinski definition) is 2. The van der Waals surface area contributed by atoms with Gasteiger partial charge in [0, 0.05) is 43.7 Å². The number of Topliss-reactive ketones (excluding diaryl/α,β-unsaturated/α-hetero) is 1. The predicted octanol–water partition coefficient (Wildman–Crippen LogP) is 3.15. The van der Waals surface area contributed by atoms with E-state index < -0.39 is 0 Å². The molecule has 0 aliphatic carbocycles. The molecule has 0 spiro atoms. The van der Waals surface area contributed by atoms with E-state index in [4.69, 9.17) is 9.47 Å². The first-order valence-corrected chi connectivity index (χ1v) is 10.2. The van der Waals surface area contributed by atoms with Crippen LogP contribution in [0.2, 0.25) is 0 Å². The number of para-hydroxylation sites is 1. The molecule has 3 aromatic rings. The molecule has 1 atom stereocenters. The van der Waals surface area contributed by atoms with Crippen molar-refractivity contribution in [2.75, 3.05) is 33.3 Å². The number of rotatable bonds is 4.